The van der Waals surface area contributed by atoms with E-state index in [-0.39, 0.29) is 5.41 Å². The molecule has 0 aliphatic rings. The number of carbonyl (C=O) groups is 1. The van der Waals surface area contributed by atoms with Crippen molar-refractivity contribution in [1.29, 1.82) is 0 Å². The number of hydrazine groups is 1. The fraction of sp³-hybridized carbons (Fsp3) is 0.250. The second-order valence-electron chi connectivity index (χ2n) is 5.82. The number of nitrogens with one attached hydrogen (secondary N) is 2. The van der Waals surface area contributed by atoms with Crippen molar-refractivity contribution in [2.45, 2.75) is 26.2 Å². The quantitative estimate of drug-likeness (QED) is 0.757. The van der Waals surface area contributed by atoms with Crippen molar-refractivity contribution in [1.82, 2.24) is 10.4 Å². The number of ether oxygens (including phenoxy) is 1. The van der Waals surface area contributed by atoms with Gasteiger partial charge in [-0.25, -0.2) is 9.78 Å². The maximum absolute atomic E-state index is 10.8. The highest BCUT2D eigenvalue weighted by Crippen LogP contribution is 2.35. The Kier molecular flexibility index (Phi) is 4.50. The zero-order chi connectivity index (χ0) is 16.2. The lowest BCUT2D eigenvalue weighted by molar-refractivity contribution is 0.250. The van der Waals surface area contributed by atoms with Gasteiger partial charge in [0, 0.05) is 11.8 Å². The van der Waals surface area contributed by atoms with Gasteiger partial charge in [-0.1, -0.05) is 39.0 Å². The van der Waals surface area contributed by atoms with Crippen molar-refractivity contribution in [2.24, 2.45) is 5.73 Å². The van der Waals surface area contributed by atoms with Crippen molar-refractivity contribution in [3.05, 3.63) is 48.2 Å². The molecule has 0 fully saturated rings. The molecule has 0 bridgehead atoms. The first-order valence-corrected chi connectivity index (χ1v) is 6.92. The summed E-state index contributed by atoms with van der Waals surface area (Å²) in [4.78, 5) is 15.0. The molecule has 4 N–H and O–H groups in total. The van der Waals surface area contributed by atoms with Crippen LogP contribution < -0.4 is 21.3 Å². The minimum absolute atomic E-state index is 0.0650. The number of nitrogens with two attached hydrogens (primary N) is 1. The monoisotopic (exact) mass is 300 g/mol. The summed E-state index contributed by atoms with van der Waals surface area (Å²) in [6.45, 7) is 6.34. The summed E-state index contributed by atoms with van der Waals surface area (Å²) in [6.07, 6.45) is 1.62. The second-order valence-corrected chi connectivity index (χ2v) is 5.82. The van der Waals surface area contributed by atoms with Gasteiger partial charge in [0.1, 0.15) is 11.4 Å². The number of hydrogen-bond acceptors (Lipinski definition) is 4. The van der Waals surface area contributed by atoms with Gasteiger partial charge in [0.25, 0.3) is 0 Å². The van der Waals surface area contributed by atoms with Gasteiger partial charge in [0.15, 0.2) is 0 Å². The largest absolute Gasteiger partial charge is 0.437 e. The van der Waals surface area contributed by atoms with E-state index >= 15 is 0 Å². The minimum atomic E-state index is -0.690. The SMILES string of the molecule is CC(C)(C)c1ccccc1Oc1ncccc1NNC(N)=O. The molecule has 0 aliphatic heterocycles. The lowest BCUT2D eigenvalue weighted by atomic mass is 9.86. The van der Waals surface area contributed by atoms with E-state index in [0.717, 1.165) is 11.3 Å². The fourth-order valence-corrected chi connectivity index (χ4v) is 1.98. The molecule has 0 atom stereocenters. The Hall–Kier alpha value is -2.76. The standard InChI is InChI=1S/C16H20N4O2/c1-16(2,3)11-7-4-5-9-13(11)22-14-12(8-6-10-18-14)19-20-15(17)21/h4-10,19H,1-3H3,(H3,17,20,21). The third-order valence-electron chi connectivity index (χ3n) is 2.99. The summed E-state index contributed by atoms with van der Waals surface area (Å²) < 4.78 is 5.93. The van der Waals surface area contributed by atoms with E-state index in [1.165, 1.54) is 0 Å². The van der Waals surface area contributed by atoms with E-state index in [2.05, 4.69) is 36.6 Å². The Morgan fingerprint density at radius 3 is 2.59 bits per heavy atom. The van der Waals surface area contributed by atoms with Crippen LogP contribution >= 0.6 is 0 Å². The molecule has 0 unspecified atom stereocenters. The van der Waals surface area contributed by atoms with Crippen LogP contribution in [0.2, 0.25) is 0 Å². The number of rotatable bonds is 4. The molecule has 6 heteroatoms. The van der Waals surface area contributed by atoms with E-state index in [4.69, 9.17) is 10.5 Å². The zero-order valence-corrected chi connectivity index (χ0v) is 12.9. The summed E-state index contributed by atoms with van der Waals surface area (Å²) >= 11 is 0. The molecule has 0 saturated carbocycles. The molecule has 0 saturated heterocycles. The van der Waals surface area contributed by atoms with Crippen LogP contribution in [0.3, 0.4) is 0 Å². The van der Waals surface area contributed by atoms with E-state index in [0.29, 0.717) is 11.6 Å². The highest BCUT2D eigenvalue weighted by atomic mass is 16.5. The van der Waals surface area contributed by atoms with Gasteiger partial charge in [-0.2, -0.15) is 0 Å². The van der Waals surface area contributed by atoms with Gasteiger partial charge in [-0.05, 0) is 23.6 Å². The molecule has 2 amide bonds. The topological polar surface area (TPSA) is 89.3 Å². The Labute approximate surface area is 129 Å². The number of carbonyl (C=O) groups excluding carboxylic acids is 1. The summed E-state index contributed by atoms with van der Waals surface area (Å²) in [7, 11) is 0. The Morgan fingerprint density at radius 2 is 1.91 bits per heavy atom. The molecule has 1 aromatic carbocycles. The summed E-state index contributed by atoms with van der Waals surface area (Å²) in [6, 6.07) is 10.6. The molecule has 1 aromatic heterocycles. The van der Waals surface area contributed by atoms with E-state index < -0.39 is 6.03 Å². The number of para-hydroxylation sites is 1. The fourth-order valence-electron chi connectivity index (χ4n) is 1.98. The Balaban J connectivity index is 2.30. The third kappa shape index (κ3) is 3.88. The van der Waals surface area contributed by atoms with Crippen LogP contribution in [0.15, 0.2) is 42.6 Å². The lowest BCUT2D eigenvalue weighted by Gasteiger charge is -2.22. The first kappa shape index (κ1) is 15.6. The van der Waals surface area contributed by atoms with Gasteiger partial charge in [0.05, 0.1) is 0 Å². The first-order chi connectivity index (χ1) is 10.4. The van der Waals surface area contributed by atoms with Gasteiger partial charge >= 0.3 is 6.03 Å². The average molecular weight is 300 g/mol. The third-order valence-corrected chi connectivity index (χ3v) is 2.99. The Bertz CT molecular complexity index is 665. The first-order valence-electron chi connectivity index (χ1n) is 6.92. The highest BCUT2D eigenvalue weighted by molar-refractivity contribution is 5.74. The molecular formula is C16H20N4O2. The normalized spacial score (nSPS) is 10.9. The van der Waals surface area contributed by atoms with Crippen LogP contribution in [0.25, 0.3) is 0 Å². The maximum Gasteiger partial charge on any atom is 0.330 e. The number of urea groups is 1. The average Bonchev–Trinajstić information content (AvgIpc) is 2.46. The molecule has 116 valence electrons. The molecule has 0 radical (unpaired) electrons. The number of anilines is 1. The second kappa shape index (κ2) is 6.34. The smallest absolute Gasteiger partial charge is 0.330 e. The van der Waals surface area contributed by atoms with Crippen molar-refractivity contribution < 1.29 is 9.53 Å². The van der Waals surface area contributed by atoms with Crippen molar-refractivity contribution >= 4 is 11.7 Å². The summed E-state index contributed by atoms with van der Waals surface area (Å²) in [5.41, 5.74) is 11.5. The van der Waals surface area contributed by atoms with Gasteiger partial charge in [0.2, 0.25) is 5.88 Å². The minimum Gasteiger partial charge on any atom is -0.437 e. The van der Waals surface area contributed by atoms with Gasteiger partial charge in [-0.15, -0.1) is 0 Å². The van der Waals surface area contributed by atoms with E-state index in [1.54, 1.807) is 18.3 Å². The number of pyridine rings is 1. The molecule has 2 rings (SSSR count). The van der Waals surface area contributed by atoms with Crippen LogP contribution in [0.4, 0.5) is 10.5 Å². The van der Waals surface area contributed by atoms with Crippen LogP contribution in [0.5, 0.6) is 11.6 Å². The molecule has 22 heavy (non-hydrogen) atoms. The van der Waals surface area contributed by atoms with Crippen LogP contribution in [-0.2, 0) is 5.41 Å². The lowest BCUT2D eigenvalue weighted by Crippen LogP contribution is -2.34. The summed E-state index contributed by atoms with van der Waals surface area (Å²) in [5.74, 6) is 1.07. The number of amides is 2. The number of primary amides is 1. The number of aromatic nitrogens is 1. The molecule has 6 nitrogen and oxygen atoms in total. The zero-order valence-electron chi connectivity index (χ0n) is 12.9. The maximum atomic E-state index is 10.8. The van der Waals surface area contributed by atoms with Gasteiger partial charge in [-0.3, -0.25) is 10.9 Å². The van der Waals surface area contributed by atoms with E-state index in [9.17, 15) is 4.79 Å². The molecule has 0 spiro atoms. The van der Waals surface area contributed by atoms with Gasteiger partial charge < -0.3 is 10.5 Å². The molecular weight excluding hydrogens is 280 g/mol. The molecule has 0 aliphatic carbocycles. The molecule has 1 heterocycles. The number of hydrogen-bond donors (Lipinski definition) is 3. The predicted molar refractivity (Wildman–Crippen MR) is 85.8 cm³/mol. The van der Waals surface area contributed by atoms with Crippen LogP contribution in [0.1, 0.15) is 26.3 Å². The highest BCUT2D eigenvalue weighted by Gasteiger charge is 2.19. The molecule has 2 aromatic rings. The van der Waals surface area contributed by atoms with Crippen molar-refractivity contribution in [3.63, 3.8) is 0 Å². The van der Waals surface area contributed by atoms with Crippen LogP contribution in [-0.4, -0.2) is 11.0 Å². The number of nitrogens with zero attached hydrogens (tertiary/aromatic N) is 1. The van der Waals surface area contributed by atoms with Crippen LogP contribution in [0, 0.1) is 0 Å². The summed E-state index contributed by atoms with van der Waals surface area (Å²) in [5, 5.41) is 0. The van der Waals surface area contributed by atoms with E-state index in [1.807, 2.05) is 24.3 Å². The predicted octanol–water partition coefficient (Wildman–Crippen LogP) is 3.17. The Morgan fingerprint density at radius 1 is 1.18 bits per heavy atom. The van der Waals surface area contributed by atoms with Crippen molar-refractivity contribution in [3.8, 4) is 11.6 Å². The van der Waals surface area contributed by atoms with Crippen molar-refractivity contribution in [2.75, 3.05) is 5.43 Å². The number of benzene rings is 1.